The second-order valence-electron chi connectivity index (χ2n) is 9.59. The molecule has 4 N–H and O–H groups in total. The molecule has 0 aliphatic heterocycles. The third-order valence-electron chi connectivity index (χ3n) is 7.40. The summed E-state index contributed by atoms with van der Waals surface area (Å²) < 4.78 is 8.28. The smallest absolute Gasteiger partial charge is 0.315 e. The van der Waals surface area contributed by atoms with Crippen LogP contribution in [0, 0.1) is 19.8 Å². The molecule has 2 heterocycles. The van der Waals surface area contributed by atoms with E-state index in [1.807, 2.05) is 6.92 Å². The summed E-state index contributed by atoms with van der Waals surface area (Å²) >= 11 is 0. The molecule has 1 unspecified atom stereocenters. The first-order chi connectivity index (χ1) is 15.4. The Bertz CT molecular complexity index is 961. The van der Waals surface area contributed by atoms with Crippen LogP contribution in [-0.2, 0) is 11.3 Å². The number of aryl methyl sites for hydroxylation is 2. The van der Waals surface area contributed by atoms with Gasteiger partial charge in [0.25, 0.3) is 0 Å². The second kappa shape index (κ2) is 9.65. The number of anilines is 1. The number of amides is 2. The van der Waals surface area contributed by atoms with Crippen LogP contribution >= 0.6 is 0 Å². The van der Waals surface area contributed by atoms with Gasteiger partial charge in [0.15, 0.2) is 5.82 Å². The molecule has 2 aromatic rings. The van der Waals surface area contributed by atoms with Crippen LogP contribution in [0.25, 0.3) is 11.0 Å². The van der Waals surface area contributed by atoms with Gasteiger partial charge >= 0.3 is 6.03 Å². The van der Waals surface area contributed by atoms with E-state index in [2.05, 4.69) is 23.4 Å². The van der Waals surface area contributed by atoms with Crippen molar-refractivity contribution in [3.63, 3.8) is 0 Å². The molecule has 0 aromatic carbocycles. The molecule has 2 amide bonds. The van der Waals surface area contributed by atoms with E-state index in [4.69, 9.17) is 21.2 Å². The monoisotopic (exact) mass is 442 g/mol. The predicted octanol–water partition coefficient (Wildman–Crippen LogP) is 3.87. The standard InChI is InChI=1S/C24H38N6O2/c1-15-17(3)27-22(25)20-21(15)30(23(28-20)16(2)18-9-10-18)12-14-32-13-11-29(24(26)31)19-7-5-4-6-8-19/h16,18-19H,4-14H2,1-3H3,(H2,25,27)(H2,26,31). The highest BCUT2D eigenvalue weighted by molar-refractivity contribution is 5.88. The van der Waals surface area contributed by atoms with Crippen LogP contribution in [-0.4, -0.2) is 51.3 Å². The van der Waals surface area contributed by atoms with Crippen LogP contribution in [0.2, 0.25) is 0 Å². The Morgan fingerprint density at radius 2 is 1.88 bits per heavy atom. The highest BCUT2D eigenvalue weighted by Crippen LogP contribution is 2.43. The van der Waals surface area contributed by atoms with Crippen LogP contribution < -0.4 is 11.5 Å². The van der Waals surface area contributed by atoms with Crippen molar-refractivity contribution in [3.05, 3.63) is 17.1 Å². The number of nitrogen functional groups attached to an aromatic ring is 1. The molecule has 0 bridgehead atoms. The molecule has 0 radical (unpaired) electrons. The number of ether oxygens (including phenoxy) is 1. The minimum Gasteiger partial charge on any atom is -0.382 e. The number of nitrogens with two attached hydrogens (primary N) is 2. The van der Waals surface area contributed by atoms with E-state index in [9.17, 15) is 4.79 Å². The normalized spacial score (nSPS) is 18.2. The molecule has 0 saturated heterocycles. The minimum absolute atomic E-state index is 0.259. The quantitative estimate of drug-likeness (QED) is 0.572. The fraction of sp³-hybridized carbons (Fsp3) is 0.708. The molecule has 1 atom stereocenters. The molecule has 8 heteroatoms. The maximum Gasteiger partial charge on any atom is 0.315 e. The average Bonchev–Trinajstić information content (AvgIpc) is 3.55. The van der Waals surface area contributed by atoms with Crippen LogP contribution in [0.3, 0.4) is 0 Å². The fourth-order valence-electron chi connectivity index (χ4n) is 5.18. The summed E-state index contributed by atoms with van der Waals surface area (Å²) in [5.41, 5.74) is 15.8. The van der Waals surface area contributed by atoms with Crippen molar-refractivity contribution in [1.82, 2.24) is 19.4 Å². The molecule has 2 fully saturated rings. The Hall–Kier alpha value is -2.35. The number of rotatable bonds is 9. The van der Waals surface area contributed by atoms with Gasteiger partial charge in [0.05, 0.1) is 18.7 Å². The van der Waals surface area contributed by atoms with E-state index in [1.165, 1.54) is 32.1 Å². The van der Waals surface area contributed by atoms with Gasteiger partial charge in [-0.25, -0.2) is 14.8 Å². The number of hydrogen-bond donors (Lipinski definition) is 2. The second-order valence-corrected chi connectivity index (χ2v) is 9.59. The Balaban J connectivity index is 1.44. The Labute approximate surface area is 190 Å². The first kappa shape index (κ1) is 22.8. The highest BCUT2D eigenvalue weighted by atomic mass is 16.5. The van der Waals surface area contributed by atoms with E-state index in [1.54, 1.807) is 4.90 Å². The van der Waals surface area contributed by atoms with Gasteiger partial charge in [-0.3, -0.25) is 0 Å². The largest absolute Gasteiger partial charge is 0.382 e. The third kappa shape index (κ3) is 4.70. The molecule has 2 aliphatic rings. The summed E-state index contributed by atoms with van der Waals surface area (Å²) in [7, 11) is 0. The number of pyridine rings is 1. The van der Waals surface area contributed by atoms with Gasteiger partial charge in [-0.2, -0.15) is 0 Å². The van der Waals surface area contributed by atoms with Gasteiger partial charge in [0.2, 0.25) is 0 Å². The number of primary amides is 1. The number of fused-ring (bicyclic) bond motifs is 1. The number of carbonyl (C=O) groups excluding carboxylic acids is 1. The van der Waals surface area contributed by atoms with E-state index < -0.39 is 0 Å². The van der Waals surface area contributed by atoms with Crippen molar-refractivity contribution in [2.45, 2.75) is 84.2 Å². The van der Waals surface area contributed by atoms with Crippen molar-refractivity contribution in [2.75, 3.05) is 25.5 Å². The van der Waals surface area contributed by atoms with E-state index in [-0.39, 0.29) is 12.1 Å². The highest BCUT2D eigenvalue weighted by Gasteiger charge is 2.33. The first-order valence-electron chi connectivity index (χ1n) is 12.1. The number of aromatic nitrogens is 3. The topological polar surface area (TPSA) is 112 Å². The molecule has 8 nitrogen and oxygen atoms in total. The van der Waals surface area contributed by atoms with Gasteiger partial charge in [0, 0.05) is 30.7 Å². The molecule has 2 saturated carbocycles. The van der Waals surface area contributed by atoms with Crippen molar-refractivity contribution in [2.24, 2.45) is 11.7 Å². The average molecular weight is 443 g/mol. The lowest BCUT2D eigenvalue weighted by molar-refractivity contribution is 0.0875. The molecule has 176 valence electrons. The fourth-order valence-corrected chi connectivity index (χ4v) is 5.18. The third-order valence-corrected chi connectivity index (χ3v) is 7.40. The van der Waals surface area contributed by atoms with E-state index in [0.29, 0.717) is 44.0 Å². The van der Waals surface area contributed by atoms with E-state index in [0.717, 1.165) is 41.0 Å². The summed E-state index contributed by atoms with van der Waals surface area (Å²) in [6.45, 7) is 8.62. The lowest BCUT2D eigenvalue weighted by Gasteiger charge is -2.33. The summed E-state index contributed by atoms with van der Waals surface area (Å²) in [5.74, 6) is 2.66. The molecular weight excluding hydrogens is 404 g/mol. The van der Waals surface area contributed by atoms with Crippen molar-refractivity contribution in [3.8, 4) is 0 Å². The van der Waals surface area contributed by atoms with Crippen LogP contribution in [0.5, 0.6) is 0 Å². The lowest BCUT2D eigenvalue weighted by atomic mass is 9.94. The molecule has 32 heavy (non-hydrogen) atoms. The Morgan fingerprint density at radius 1 is 1.16 bits per heavy atom. The summed E-state index contributed by atoms with van der Waals surface area (Å²) in [5, 5.41) is 0. The summed E-state index contributed by atoms with van der Waals surface area (Å²) in [6, 6.07) is -0.0785. The maximum atomic E-state index is 11.9. The van der Waals surface area contributed by atoms with Gasteiger partial charge in [-0.05, 0) is 51.0 Å². The Kier molecular flexibility index (Phi) is 6.88. The number of urea groups is 1. The zero-order valence-electron chi connectivity index (χ0n) is 19.8. The molecule has 4 rings (SSSR count). The molecular formula is C24H38N6O2. The lowest BCUT2D eigenvalue weighted by Crippen LogP contribution is -2.46. The number of imidazole rings is 1. The van der Waals surface area contributed by atoms with Gasteiger partial charge < -0.3 is 25.7 Å². The number of hydrogen-bond acceptors (Lipinski definition) is 5. The zero-order chi connectivity index (χ0) is 22.8. The molecule has 0 spiro atoms. The molecule has 2 aliphatic carbocycles. The first-order valence-corrected chi connectivity index (χ1v) is 12.1. The zero-order valence-corrected chi connectivity index (χ0v) is 19.8. The van der Waals surface area contributed by atoms with Gasteiger partial charge in [-0.15, -0.1) is 0 Å². The molecule has 2 aromatic heterocycles. The van der Waals surface area contributed by atoms with Crippen LogP contribution in [0.1, 0.15) is 74.9 Å². The SMILES string of the molecule is Cc1nc(N)c2nc(C(C)C3CC3)n(CCOCCN(C(N)=O)C3CCCCC3)c2c1C. The van der Waals surface area contributed by atoms with Crippen molar-refractivity contribution < 1.29 is 9.53 Å². The number of carbonyl (C=O) groups is 1. The predicted molar refractivity (Wildman–Crippen MR) is 127 cm³/mol. The number of nitrogens with zero attached hydrogens (tertiary/aromatic N) is 4. The van der Waals surface area contributed by atoms with Crippen molar-refractivity contribution >= 4 is 22.9 Å². The van der Waals surface area contributed by atoms with Crippen molar-refractivity contribution in [1.29, 1.82) is 0 Å². The maximum absolute atomic E-state index is 11.9. The summed E-state index contributed by atoms with van der Waals surface area (Å²) in [6.07, 6.45) is 8.19. The van der Waals surface area contributed by atoms with E-state index >= 15 is 0 Å². The summed E-state index contributed by atoms with van der Waals surface area (Å²) in [4.78, 5) is 23.2. The van der Waals surface area contributed by atoms with Gasteiger partial charge in [0.1, 0.15) is 11.3 Å². The Morgan fingerprint density at radius 3 is 2.53 bits per heavy atom. The minimum atomic E-state index is -0.337. The van der Waals surface area contributed by atoms with Gasteiger partial charge in [-0.1, -0.05) is 26.2 Å². The van der Waals surface area contributed by atoms with Crippen LogP contribution in [0.4, 0.5) is 10.6 Å². The van der Waals surface area contributed by atoms with Crippen LogP contribution in [0.15, 0.2) is 0 Å².